The van der Waals surface area contributed by atoms with Gasteiger partial charge < -0.3 is 4.74 Å². The van der Waals surface area contributed by atoms with Crippen LogP contribution >= 0.6 is 0 Å². The Morgan fingerprint density at radius 1 is 1.02 bits per heavy atom. The van der Waals surface area contributed by atoms with E-state index in [1.807, 2.05) is 0 Å². The van der Waals surface area contributed by atoms with Gasteiger partial charge in [0.2, 0.25) is 0 Å². The number of allylic oxidation sites excluding steroid dienone is 6. The molecule has 222 valence electrons. The van der Waals surface area contributed by atoms with Gasteiger partial charge in [-0.1, -0.05) is 84.8 Å². The number of Topliss-reactive ketones (excluding diaryl/α,β-unsaturated/α-hetero) is 1. The summed E-state index contributed by atoms with van der Waals surface area (Å²) in [6.07, 6.45) is 25.2. The second kappa shape index (κ2) is 10.9. The van der Waals surface area contributed by atoms with Gasteiger partial charge >= 0.3 is 5.97 Å². The Labute approximate surface area is 244 Å². The zero-order chi connectivity index (χ0) is 28.9. The summed E-state index contributed by atoms with van der Waals surface area (Å²) in [5, 5.41) is 0. The van der Waals surface area contributed by atoms with Crippen molar-refractivity contribution in [2.24, 2.45) is 51.2 Å². The molecule has 0 heterocycles. The lowest BCUT2D eigenvalue weighted by Crippen LogP contribution is -2.65. The molecule has 3 fully saturated rings. The zero-order valence-corrected chi connectivity index (χ0v) is 26.6. The fraction of sp³-hybridized carbons (Fsp3) is 0.784. The van der Waals surface area contributed by atoms with Gasteiger partial charge in [-0.05, 0) is 98.2 Å². The van der Waals surface area contributed by atoms with E-state index in [-0.39, 0.29) is 33.7 Å². The molecule has 6 rings (SSSR count). The number of esters is 1. The molecule has 0 radical (unpaired) electrons. The summed E-state index contributed by atoms with van der Waals surface area (Å²) in [7, 11) is 0. The molecular weight excluding hydrogens is 492 g/mol. The average molecular weight is 549 g/mol. The number of carbonyl (C=O) groups is 2. The van der Waals surface area contributed by atoms with Crippen molar-refractivity contribution in [2.45, 2.75) is 132 Å². The predicted octanol–water partition coefficient (Wildman–Crippen LogP) is 9.42. The molecule has 0 aliphatic heterocycles. The molecular formula is C37H56O3. The van der Waals surface area contributed by atoms with Crippen LogP contribution in [0.15, 0.2) is 36.0 Å². The van der Waals surface area contributed by atoms with Crippen LogP contribution in [0.4, 0.5) is 0 Å². The summed E-state index contributed by atoms with van der Waals surface area (Å²) in [5.41, 5.74) is 1.17. The van der Waals surface area contributed by atoms with E-state index in [0.717, 1.165) is 50.5 Å². The SMILES string of the molecule is CCCCCC(=O)C1=CC23C=CC14C1CCC(C(C)C=CCC(C)C)C1(C)CCC4C2(C)CCC(OC(C)=O)C3. The Kier molecular flexibility index (Phi) is 8.12. The van der Waals surface area contributed by atoms with Crippen molar-refractivity contribution in [3.63, 3.8) is 0 Å². The average Bonchev–Trinajstić information content (AvgIpc) is 3.25. The minimum absolute atomic E-state index is 0.0586. The molecule has 0 aromatic heterocycles. The second-order valence-corrected chi connectivity index (χ2v) is 15.4. The highest BCUT2D eigenvalue weighted by Gasteiger charge is 2.72. The molecule has 0 aromatic carbocycles. The van der Waals surface area contributed by atoms with Crippen LogP contribution in [-0.4, -0.2) is 17.9 Å². The lowest BCUT2D eigenvalue weighted by Gasteiger charge is -2.71. The molecule has 9 atom stereocenters. The zero-order valence-electron chi connectivity index (χ0n) is 26.6. The Morgan fingerprint density at radius 3 is 2.50 bits per heavy atom. The van der Waals surface area contributed by atoms with Crippen molar-refractivity contribution >= 4 is 11.8 Å². The second-order valence-electron chi connectivity index (χ2n) is 15.4. The molecule has 40 heavy (non-hydrogen) atoms. The molecule has 3 heteroatoms. The molecule has 0 saturated heterocycles. The van der Waals surface area contributed by atoms with Gasteiger partial charge in [-0.3, -0.25) is 9.59 Å². The van der Waals surface area contributed by atoms with E-state index in [0.29, 0.717) is 41.8 Å². The number of hydrogen-bond donors (Lipinski definition) is 0. The van der Waals surface area contributed by atoms with Gasteiger partial charge in [0.15, 0.2) is 5.78 Å². The van der Waals surface area contributed by atoms with Gasteiger partial charge in [0.05, 0.1) is 0 Å². The lowest BCUT2D eigenvalue weighted by atomic mass is 9.32. The van der Waals surface area contributed by atoms with Crippen molar-refractivity contribution in [2.75, 3.05) is 0 Å². The third-order valence-corrected chi connectivity index (χ3v) is 12.8. The largest absolute Gasteiger partial charge is 0.463 e. The van der Waals surface area contributed by atoms with Gasteiger partial charge in [0, 0.05) is 29.7 Å². The molecule has 6 aliphatic carbocycles. The minimum atomic E-state index is -0.188. The normalized spacial score (nSPS) is 42.4. The maximum Gasteiger partial charge on any atom is 0.302 e. The number of unbranched alkanes of at least 4 members (excludes halogenated alkanes) is 2. The predicted molar refractivity (Wildman–Crippen MR) is 164 cm³/mol. The maximum atomic E-state index is 14.3. The van der Waals surface area contributed by atoms with Crippen LogP contribution in [0.5, 0.6) is 0 Å². The van der Waals surface area contributed by atoms with Gasteiger partial charge in [-0.25, -0.2) is 0 Å². The minimum Gasteiger partial charge on any atom is -0.463 e. The third-order valence-electron chi connectivity index (χ3n) is 12.8. The number of rotatable bonds is 10. The molecule has 9 unspecified atom stereocenters. The highest BCUT2D eigenvalue weighted by molar-refractivity contribution is 5.98. The fourth-order valence-corrected chi connectivity index (χ4v) is 10.9. The lowest BCUT2D eigenvalue weighted by molar-refractivity contribution is -0.169. The number of hydrogen-bond acceptors (Lipinski definition) is 3. The fourth-order valence-electron chi connectivity index (χ4n) is 10.9. The first-order valence-electron chi connectivity index (χ1n) is 16.7. The Balaban J connectivity index is 1.55. The quantitative estimate of drug-likeness (QED) is 0.155. The van der Waals surface area contributed by atoms with Gasteiger partial charge in [-0.15, -0.1) is 0 Å². The van der Waals surface area contributed by atoms with Crippen molar-refractivity contribution in [1.29, 1.82) is 0 Å². The highest BCUT2D eigenvalue weighted by Crippen LogP contribution is 2.78. The molecule has 6 aliphatic rings. The topological polar surface area (TPSA) is 43.4 Å². The molecule has 2 bridgehead atoms. The smallest absolute Gasteiger partial charge is 0.302 e. The maximum absolute atomic E-state index is 14.3. The first kappa shape index (κ1) is 29.8. The summed E-state index contributed by atoms with van der Waals surface area (Å²) in [5.74, 6) is 3.16. The number of carbonyl (C=O) groups excluding carboxylic acids is 2. The number of ketones is 1. The standard InChI is InChI=1S/C37H56O3/c1-8-9-10-14-31(39)30-24-36-21-22-37(30)32-16-15-29(26(4)13-11-12-25(2)3)34(32,6)19-18-33(37)35(36,7)20-17-28(23-36)40-27(5)38/h11,13,21-22,24-26,28-29,32-33H,8-10,12,14-20,23H2,1-7H3. The van der Waals surface area contributed by atoms with Crippen LogP contribution in [0.3, 0.4) is 0 Å². The van der Waals surface area contributed by atoms with Crippen molar-refractivity contribution in [1.82, 2.24) is 0 Å². The van der Waals surface area contributed by atoms with Gasteiger partial charge in [0.25, 0.3) is 0 Å². The van der Waals surface area contributed by atoms with E-state index in [9.17, 15) is 9.59 Å². The molecule has 3 saturated carbocycles. The van der Waals surface area contributed by atoms with Gasteiger partial charge in [-0.2, -0.15) is 0 Å². The van der Waals surface area contributed by atoms with Gasteiger partial charge in [0.1, 0.15) is 6.10 Å². The Hall–Kier alpha value is -1.64. The third kappa shape index (κ3) is 4.51. The molecule has 2 spiro atoms. The number of fused-ring (bicyclic) bond motifs is 1. The monoisotopic (exact) mass is 548 g/mol. The highest BCUT2D eigenvalue weighted by atomic mass is 16.5. The summed E-state index contributed by atoms with van der Waals surface area (Å²) in [4.78, 5) is 26.2. The van der Waals surface area contributed by atoms with E-state index >= 15 is 0 Å². The van der Waals surface area contributed by atoms with E-state index in [1.54, 1.807) is 0 Å². The van der Waals surface area contributed by atoms with Crippen molar-refractivity contribution < 1.29 is 14.3 Å². The number of ether oxygens (including phenoxy) is 1. The molecule has 0 aromatic rings. The van der Waals surface area contributed by atoms with E-state index in [4.69, 9.17) is 4.74 Å². The first-order chi connectivity index (χ1) is 18.9. The van der Waals surface area contributed by atoms with E-state index in [1.165, 1.54) is 32.6 Å². The molecule has 0 amide bonds. The molecule has 0 N–H and O–H groups in total. The van der Waals surface area contributed by atoms with Crippen LogP contribution in [0.2, 0.25) is 0 Å². The summed E-state index contributed by atoms with van der Waals surface area (Å²) in [6, 6.07) is 0. The van der Waals surface area contributed by atoms with E-state index in [2.05, 4.69) is 71.9 Å². The Bertz CT molecular complexity index is 1080. The van der Waals surface area contributed by atoms with Crippen LogP contribution in [0.1, 0.15) is 126 Å². The van der Waals surface area contributed by atoms with Crippen molar-refractivity contribution in [3.05, 3.63) is 36.0 Å². The van der Waals surface area contributed by atoms with Crippen molar-refractivity contribution in [3.8, 4) is 0 Å². The Morgan fingerprint density at radius 2 is 1.80 bits per heavy atom. The van der Waals surface area contributed by atoms with Crippen LogP contribution < -0.4 is 0 Å². The van der Waals surface area contributed by atoms with Crippen LogP contribution in [0.25, 0.3) is 0 Å². The molecule has 3 nitrogen and oxygen atoms in total. The first-order valence-corrected chi connectivity index (χ1v) is 16.7. The van der Waals surface area contributed by atoms with Crippen LogP contribution in [-0.2, 0) is 14.3 Å². The van der Waals surface area contributed by atoms with E-state index < -0.39 is 0 Å². The summed E-state index contributed by atoms with van der Waals surface area (Å²) >= 11 is 0. The summed E-state index contributed by atoms with van der Waals surface area (Å²) in [6.45, 7) is 15.9. The summed E-state index contributed by atoms with van der Waals surface area (Å²) < 4.78 is 5.82. The van der Waals surface area contributed by atoms with Crippen LogP contribution in [0, 0.1) is 51.2 Å².